The fourth-order valence-electron chi connectivity index (χ4n) is 4.91. The number of Topliss-reactive ketones (excluding diaryl/α,β-unsaturated/α-hetero) is 1. The second-order valence-electron chi connectivity index (χ2n) is 8.51. The molecular formula is C26H26N2O4. The van der Waals surface area contributed by atoms with Crippen LogP contribution in [0.25, 0.3) is 0 Å². The highest BCUT2D eigenvalue weighted by molar-refractivity contribution is 6.01. The van der Waals surface area contributed by atoms with Crippen molar-refractivity contribution >= 4 is 11.7 Å². The van der Waals surface area contributed by atoms with Crippen molar-refractivity contribution in [1.82, 2.24) is 5.16 Å². The summed E-state index contributed by atoms with van der Waals surface area (Å²) in [5.74, 6) is 1.99. The molecule has 164 valence electrons. The Bertz CT molecular complexity index is 1220. The van der Waals surface area contributed by atoms with Crippen molar-refractivity contribution in [1.29, 1.82) is 0 Å². The first-order chi connectivity index (χ1) is 15.5. The van der Waals surface area contributed by atoms with Gasteiger partial charge in [0.25, 0.3) is 0 Å². The molecule has 1 aliphatic carbocycles. The highest BCUT2D eigenvalue weighted by Crippen LogP contribution is 2.49. The van der Waals surface area contributed by atoms with Gasteiger partial charge in [0.1, 0.15) is 0 Å². The molecule has 0 bridgehead atoms. The summed E-state index contributed by atoms with van der Waals surface area (Å²) in [6, 6.07) is 14.2. The Labute approximate surface area is 187 Å². The Morgan fingerprint density at radius 1 is 0.969 bits per heavy atom. The molecule has 32 heavy (non-hydrogen) atoms. The molecule has 1 aliphatic heterocycles. The van der Waals surface area contributed by atoms with Crippen LogP contribution in [0.15, 0.2) is 58.3 Å². The van der Waals surface area contributed by atoms with Gasteiger partial charge in [-0.15, -0.1) is 0 Å². The van der Waals surface area contributed by atoms with E-state index in [0.29, 0.717) is 30.2 Å². The number of ether oxygens (including phenoxy) is 2. The lowest BCUT2D eigenvalue weighted by molar-refractivity contribution is -0.116. The average molecular weight is 431 g/mol. The van der Waals surface area contributed by atoms with Crippen molar-refractivity contribution in [2.24, 2.45) is 0 Å². The first kappa shape index (κ1) is 20.4. The van der Waals surface area contributed by atoms with Gasteiger partial charge in [0, 0.05) is 23.6 Å². The standard InChI is InChI=1S/C26H26N2O4/c1-14-5-7-16(8-6-14)24-23-15(2)28-32-26(23)27-19-11-18(12-20(29)25(19)24)17-9-10-21(30-3)22(13-17)31-4/h5-10,13,18,24,27H,11-12H2,1-4H3. The number of rotatable bonds is 4. The van der Waals surface area contributed by atoms with Crippen LogP contribution in [0.2, 0.25) is 0 Å². The third kappa shape index (κ3) is 3.27. The zero-order valence-corrected chi connectivity index (χ0v) is 18.7. The van der Waals surface area contributed by atoms with E-state index >= 15 is 0 Å². The maximum absolute atomic E-state index is 13.6. The molecular weight excluding hydrogens is 404 g/mol. The summed E-state index contributed by atoms with van der Waals surface area (Å²) >= 11 is 0. The van der Waals surface area contributed by atoms with Gasteiger partial charge in [0.05, 0.1) is 25.5 Å². The number of aryl methyl sites for hydroxylation is 2. The summed E-state index contributed by atoms with van der Waals surface area (Å²) < 4.78 is 16.5. The largest absolute Gasteiger partial charge is 0.493 e. The van der Waals surface area contributed by atoms with E-state index in [0.717, 1.165) is 33.7 Å². The second kappa shape index (κ2) is 7.86. The third-order valence-corrected chi connectivity index (χ3v) is 6.55. The van der Waals surface area contributed by atoms with E-state index in [9.17, 15) is 4.79 Å². The number of allylic oxidation sites excluding steroid dienone is 2. The number of anilines is 1. The molecule has 0 amide bonds. The van der Waals surface area contributed by atoms with E-state index in [2.05, 4.69) is 41.7 Å². The minimum Gasteiger partial charge on any atom is -0.493 e. The Morgan fingerprint density at radius 2 is 1.69 bits per heavy atom. The molecule has 0 spiro atoms. The molecule has 0 fully saturated rings. The first-order valence-electron chi connectivity index (χ1n) is 10.8. The lowest BCUT2D eigenvalue weighted by atomic mass is 9.72. The predicted molar refractivity (Wildman–Crippen MR) is 121 cm³/mol. The minimum absolute atomic E-state index is 0.0396. The Kier molecular flexibility index (Phi) is 5.00. The molecule has 1 aromatic heterocycles. The van der Waals surface area contributed by atoms with Crippen LogP contribution in [-0.2, 0) is 4.79 Å². The van der Waals surface area contributed by atoms with Gasteiger partial charge in [-0.3, -0.25) is 4.79 Å². The molecule has 2 unspecified atom stereocenters. The van der Waals surface area contributed by atoms with Gasteiger partial charge in [-0.2, -0.15) is 0 Å². The van der Waals surface area contributed by atoms with Gasteiger partial charge in [0.15, 0.2) is 17.3 Å². The number of carbonyl (C=O) groups is 1. The monoisotopic (exact) mass is 430 g/mol. The number of nitrogens with one attached hydrogen (secondary N) is 1. The quantitative estimate of drug-likeness (QED) is 0.608. The molecule has 0 saturated heterocycles. The zero-order valence-electron chi connectivity index (χ0n) is 18.7. The third-order valence-electron chi connectivity index (χ3n) is 6.55. The van der Waals surface area contributed by atoms with Crippen molar-refractivity contribution in [2.75, 3.05) is 19.5 Å². The van der Waals surface area contributed by atoms with Crippen molar-refractivity contribution in [3.63, 3.8) is 0 Å². The molecule has 5 rings (SSSR count). The van der Waals surface area contributed by atoms with Crippen molar-refractivity contribution in [2.45, 2.75) is 38.5 Å². The zero-order chi connectivity index (χ0) is 22.4. The van der Waals surface area contributed by atoms with E-state index in [1.165, 1.54) is 5.56 Å². The summed E-state index contributed by atoms with van der Waals surface area (Å²) in [6.45, 7) is 3.99. The fourth-order valence-corrected chi connectivity index (χ4v) is 4.91. The number of fused-ring (bicyclic) bond motifs is 1. The highest BCUT2D eigenvalue weighted by atomic mass is 16.5. The summed E-state index contributed by atoms with van der Waals surface area (Å²) in [6.07, 6.45) is 1.15. The Morgan fingerprint density at radius 3 is 2.41 bits per heavy atom. The van der Waals surface area contributed by atoms with Gasteiger partial charge in [-0.25, -0.2) is 0 Å². The molecule has 0 saturated carbocycles. The van der Waals surface area contributed by atoms with Gasteiger partial charge in [-0.05, 0) is 49.4 Å². The van der Waals surface area contributed by atoms with Crippen molar-refractivity contribution < 1.29 is 18.8 Å². The topological polar surface area (TPSA) is 73.6 Å². The maximum atomic E-state index is 13.6. The molecule has 2 atom stereocenters. The number of benzene rings is 2. The maximum Gasteiger partial charge on any atom is 0.233 e. The van der Waals surface area contributed by atoms with Crippen LogP contribution < -0.4 is 14.8 Å². The molecule has 3 aromatic rings. The number of nitrogens with zero attached hydrogens (tertiary/aromatic N) is 1. The molecule has 0 radical (unpaired) electrons. The normalized spacial score (nSPS) is 19.8. The number of hydrogen-bond donors (Lipinski definition) is 1. The van der Waals surface area contributed by atoms with E-state index in [-0.39, 0.29) is 17.6 Å². The van der Waals surface area contributed by atoms with Crippen molar-refractivity contribution in [3.8, 4) is 11.5 Å². The minimum atomic E-state index is -0.174. The summed E-state index contributed by atoms with van der Waals surface area (Å²) in [7, 11) is 3.24. The summed E-state index contributed by atoms with van der Waals surface area (Å²) in [5, 5.41) is 7.57. The number of hydrogen-bond acceptors (Lipinski definition) is 6. The van der Waals surface area contributed by atoms with Crippen LogP contribution in [0.1, 0.15) is 52.6 Å². The van der Waals surface area contributed by atoms with Crippen LogP contribution >= 0.6 is 0 Å². The van der Waals surface area contributed by atoms with Crippen LogP contribution in [0.4, 0.5) is 5.88 Å². The first-order valence-corrected chi connectivity index (χ1v) is 10.8. The SMILES string of the molecule is COc1ccc(C2CC(=O)C3=C(C2)Nc2onc(C)c2C3c2ccc(C)cc2)cc1OC. The number of aromatic nitrogens is 1. The lowest BCUT2D eigenvalue weighted by Crippen LogP contribution is -2.29. The van der Waals surface area contributed by atoms with E-state index < -0.39 is 0 Å². The number of methoxy groups -OCH3 is 2. The Hall–Kier alpha value is -3.54. The predicted octanol–water partition coefficient (Wildman–Crippen LogP) is 5.27. The molecule has 6 heteroatoms. The van der Waals surface area contributed by atoms with Gasteiger partial charge in [0.2, 0.25) is 5.88 Å². The smallest absolute Gasteiger partial charge is 0.233 e. The van der Waals surface area contributed by atoms with Crippen LogP contribution in [0.3, 0.4) is 0 Å². The highest BCUT2D eigenvalue weighted by Gasteiger charge is 2.41. The van der Waals surface area contributed by atoms with E-state index in [4.69, 9.17) is 14.0 Å². The molecule has 1 N–H and O–H groups in total. The number of ketones is 1. The van der Waals surface area contributed by atoms with Crippen LogP contribution in [0.5, 0.6) is 11.5 Å². The van der Waals surface area contributed by atoms with Gasteiger partial charge < -0.3 is 19.3 Å². The van der Waals surface area contributed by atoms with E-state index in [1.54, 1.807) is 14.2 Å². The summed E-state index contributed by atoms with van der Waals surface area (Å²) in [4.78, 5) is 13.6. The van der Waals surface area contributed by atoms with Crippen LogP contribution in [0, 0.1) is 13.8 Å². The van der Waals surface area contributed by atoms with Gasteiger partial charge in [-0.1, -0.05) is 41.1 Å². The number of carbonyl (C=O) groups excluding carboxylic acids is 1. The lowest BCUT2D eigenvalue weighted by Gasteiger charge is -2.34. The summed E-state index contributed by atoms with van der Waals surface area (Å²) in [5.41, 5.74) is 6.80. The molecule has 2 aromatic carbocycles. The van der Waals surface area contributed by atoms with Gasteiger partial charge >= 0.3 is 0 Å². The average Bonchev–Trinajstić information content (AvgIpc) is 3.18. The molecule has 6 nitrogen and oxygen atoms in total. The van der Waals surface area contributed by atoms with E-state index in [1.807, 2.05) is 25.1 Å². The fraction of sp³-hybridized carbons (Fsp3) is 0.308. The Balaban J connectivity index is 1.57. The van der Waals surface area contributed by atoms with Crippen molar-refractivity contribution in [3.05, 3.63) is 81.7 Å². The van der Waals surface area contributed by atoms with Crippen LogP contribution in [-0.4, -0.2) is 25.2 Å². The second-order valence-corrected chi connectivity index (χ2v) is 8.51. The molecule has 2 aliphatic rings. The molecule has 2 heterocycles.